The molecule has 0 atom stereocenters. The molecule has 1 aromatic carbocycles. The number of ether oxygens (including phenoxy) is 1. The average molecular weight is 353 g/mol. The van der Waals surface area contributed by atoms with E-state index in [-0.39, 0.29) is 12.4 Å². The number of hydrogen-bond donors (Lipinski definition) is 0. The maximum atomic E-state index is 5.78. The normalized spacial score (nSPS) is 10.9. The number of para-hydroxylation sites is 2. The average Bonchev–Trinajstić information content (AvgIpc) is 2.99. The van der Waals surface area contributed by atoms with Crippen LogP contribution in [0, 0.1) is 0 Å². The fraction of sp³-hybridized carbons (Fsp3) is 0.650. The summed E-state index contributed by atoms with van der Waals surface area (Å²) in [5, 5.41) is 0. The molecular formula is C20H33ClN2O. The molecule has 0 saturated carbocycles. The van der Waals surface area contributed by atoms with Crippen molar-refractivity contribution in [3.05, 3.63) is 30.6 Å². The quantitative estimate of drug-likeness (QED) is 0.392. The van der Waals surface area contributed by atoms with E-state index in [4.69, 9.17) is 4.74 Å². The summed E-state index contributed by atoms with van der Waals surface area (Å²) < 4.78 is 7.86. The number of fused-ring (bicyclic) bond motifs is 1. The van der Waals surface area contributed by atoms with Crippen LogP contribution in [-0.4, -0.2) is 16.2 Å². The number of hydrogen-bond acceptors (Lipinski definition) is 2. The van der Waals surface area contributed by atoms with Crippen molar-refractivity contribution >= 4 is 23.4 Å². The molecular weight excluding hydrogens is 320 g/mol. The molecule has 0 bridgehead atoms. The van der Waals surface area contributed by atoms with Gasteiger partial charge in [-0.1, -0.05) is 76.8 Å². The van der Waals surface area contributed by atoms with Crippen LogP contribution in [0.4, 0.5) is 0 Å². The first kappa shape index (κ1) is 21.0. The second-order valence-electron chi connectivity index (χ2n) is 6.42. The lowest BCUT2D eigenvalue weighted by Gasteiger charge is -2.06. The Morgan fingerprint density at radius 2 is 1.50 bits per heavy atom. The van der Waals surface area contributed by atoms with Crippen molar-refractivity contribution < 1.29 is 4.74 Å². The molecule has 0 saturated heterocycles. The van der Waals surface area contributed by atoms with E-state index in [1.165, 1.54) is 64.2 Å². The highest BCUT2D eigenvalue weighted by Crippen LogP contribution is 2.12. The number of imidazole rings is 1. The molecule has 0 aliphatic carbocycles. The van der Waals surface area contributed by atoms with E-state index in [1.54, 1.807) is 0 Å². The van der Waals surface area contributed by atoms with E-state index >= 15 is 0 Å². The van der Waals surface area contributed by atoms with Gasteiger partial charge in [-0.05, 0) is 18.6 Å². The van der Waals surface area contributed by atoms with E-state index in [0.717, 1.165) is 17.6 Å². The van der Waals surface area contributed by atoms with E-state index in [0.29, 0.717) is 6.73 Å². The van der Waals surface area contributed by atoms with Gasteiger partial charge >= 0.3 is 0 Å². The van der Waals surface area contributed by atoms with Crippen LogP contribution >= 0.6 is 12.4 Å². The summed E-state index contributed by atoms with van der Waals surface area (Å²) in [6.07, 6.45) is 15.5. The Kier molecular flexibility index (Phi) is 11.6. The minimum absolute atomic E-state index is 0. The molecule has 0 N–H and O–H groups in total. The van der Waals surface area contributed by atoms with Gasteiger partial charge in [-0.2, -0.15) is 0 Å². The first-order chi connectivity index (χ1) is 11.4. The highest BCUT2D eigenvalue weighted by Gasteiger charge is 2.00. The van der Waals surface area contributed by atoms with Crippen LogP contribution in [0.25, 0.3) is 11.0 Å². The summed E-state index contributed by atoms with van der Waals surface area (Å²) in [5.41, 5.74) is 2.19. The largest absolute Gasteiger partial charge is 0.361 e. The molecule has 136 valence electrons. The summed E-state index contributed by atoms with van der Waals surface area (Å²) >= 11 is 0. The van der Waals surface area contributed by atoms with Crippen LogP contribution in [0.15, 0.2) is 30.6 Å². The summed E-state index contributed by atoms with van der Waals surface area (Å²) in [7, 11) is 0. The third kappa shape index (κ3) is 7.67. The molecule has 0 aliphatic heterocycles. The third-order valence-electron chi connectivity index (χ3n) is 4.40. The third-order valence-corrected chi connectivity index (χ3v) is 4.40. The van der Waals surface area contributed by atoms with Gasteiger partial charge in [-0.25, -0.2) is 4.98 Å². The van der Waals surface area contributed by atoms with Gasteiger partial charge in [0.25, 0.3) is 0 Å². The molecule has 24 heavy (non-hydrogen) atoms. The summed E-state index contributed by atoms with van der Waals surface area (Å²) in [4.78, 5) is 4.38. The second-order valence-corrected chi connectivity index (χ2v) is 6.42. The number of benzene rings is 1. The number of aromatic nitrogens is 2. The van der Waals surface area contributed by atoms with Crippen molar-refractivity contribution in [3.63, 3.8) is 0 Å². The summed E-state index contributed by atoms with van der Waals surface area (Å²) in [6, 6.07) is 8.19. The van der Waals surface area contributed by atoms with Gasteiger partial charge in [0.1, 0.15) is 6.73 Å². The predicted molar refractivity (Wildman–Crippen MR) is 105 cm³/mol. The molecule has 0 aliphatic rings. The van der Waals surface area contributed by atoms with E-state index < -0.39 is 0 Å². The number of rotatable bonds is 13. The SMILES string of the molecule is CCCCCCCCCCCCOCn1cnc2ccccc21.Cl. The Morgan fingerprint density at radius 3 is 2.21 bits per heavy atom. The molecule has 1 heterocycles. The summed E-state index contributed by atoms with van der Waals surface area (Å²) in [5.74, 6) is 0. The zero-order valence-corrected chi connectivity index (χ0v) is 15.9. The maximum Gasteiger partial charge on any atom is 0.124 e. The topological polar surface area (TPSA) is 27.1 Å². The molecule has 0 amide bonds. The van der Waals surface area contributed by atoms with E-state index in [1.807, 2.05) is 24.5 Å². The van der Waals surface area contributed by atoms with E-state index in [2.05, 4.69) is 22.5 Å². The van der Waals surface area contributed by atoms with Gasteiger partial charge in [0.15, 0.2) is 0 Å². The summed E-state index contributed by atoms with van der Waals surface area (Å²) in [6.45, 7) is 3.73. The lowest BCUT2D eigenvalue weighted by atomic mass is 10.1. The first-order valence-electron chi connectivity index (χ1n) is 9.39. The molecule has 1 aromatic heterocycles. The lowest BCUT2D eigenvalue weighted by Crippen LogP contribution is -2.02. The second kappa shape index (κ2) is 13.3. The smallest absolute Gasteiger partial charge is 0.124 e. The fourth-order valence-corrected chi connectivity index (χ4v) is 2.97. The minimum Gasteiger partial charge on any atom is -0.361 e. The van der Waals surface area contributed by atoms with E-state index in [9.17, 15) is 0 Å². The van der Waals surface area contributed by atoms with Crippen LogP contribution in [-0.2, 0) is 11.5 Å². The first-order valence-corrected chi connectivity index (χ1v) is 9.39. The molecule has 4 heteroatoms. The molecule has 0 unspecified atom stereocenters. The van der Waals surface area contributed by atoms with Gasteiger partial charge in [-0.15, -0.1) is 12.4 Å². The van der Waals surface area contributed by atoms with Gasteiger partial charge < -0.3 is 9.30 Å². The standard InChI is InChI=1S/C20H32N2O.ClH/c1-2-3-4-5-6-7-8-9-10-13-16-23-18-22-17-21-19-14-11-12-15-20(19)22;/h11-12,14-15,17H,2-10,13,16,18H2,1H3;1H. The number of halogens is 1. The lowest BCUT2D eigenvalue weighted by molar-refractivity contribution is 0.0763. The minimum atomic E-state index is 0. The highest BCUT2D eigenvalue weighted by molar-refractivity contribution is 5.85. The molecule has 0 fully saturated rings. The fourth-order valence-electron chi connectivity index (χ4n) is 2.97. The zero-order valence-electron chi connectivity index (χ0n) is 15.1. The van der Waals surface area contributed by atoms with Crippen molar-refractivity contribution in [2.45, 2.75) is 77.9 Å². The van der Waals surface area contributed by atoms with Crippen LogP contribution in [0.5, 0.6) is 0 Å². The molecule has 3 nitrogen and oxygen atoms in total. The van der Waals surface area contributed by atoms with Crippen molar-refractivity contribution in [1.29, 1.82) is 0 Å². The van der Waals surface area contributed by atoms with Crippen molar-refractivity contribution in [2.24, 2.45) is 0 Å². The van der Waals surface area contributed by atoms with Crippen molar-refractivity contribution in [2.75, 3.05) is 6.61 Å². The Balaban J connectivity index is 0.00000288. The van der Waals surface area contributed by atoms with Crippen molar-refractivity contribution in [1.82, 2.24) is 9.55 Å². The zero-order chi connectivity index (χ0) is 16.2. The Bertz CT molecular complexity index is 541. The van der Waals surface area contributed by atoms with Gasteiger partial charge in [-0.3, -0.25) is 0 Å². The van der Waals surface area contributed by atoms with Gasteiger partial charge in [0, 0.05) is 6.61 Å². The van der Waals surface area contributed by atoms with Crippen LogP contribution in [0.2, 0.25) is 0 Å². The molecule has 0 spiro atoms. The maximum absolute atomic E-state index is 5.78. The van der Waals surface area contributed by atoms with Crippen LogP contribution in [0.3, 0.4) is 0 Å². The monoisotopic (exact) mass is 352 g/mol. The number of nitrogens with zero attached hydrogens (tertiary/aromatic N) is 2. The molecule has 2 aromatic rings. The molecule has 2 rings (SSSR count). The highest BCUT2D eigenvalue weighted by atomic mass is 35.5. The van der Waals surface area contributed by atoms with Crippen LogP contribution < -0.4 is 0 Å². The van der Waals surface area contributed by atoms with Gasteiger partial charge in [0.2, 0.25) is 0 Å². The Labute approximate surface area is 153 Å². The Morgan fingerprint density at radius 1 is 0.875 bits per heavy atom. The Hall–Kier alpha value is -1.06. The molecule has 0 radical (unpaired) electrons. The number of unbranched alkanes of at least 4 members (excludes halogenated alkanes) is 9. The van der Waals surface area contributed by atoms with Crippen molar-refractivity contribution in [3.8, 4) is 0 Å². The van der Waals surface area contributed by atoms with Crippen LogP contribution in [0.1, 0.15) is 71.1 Å². The van der Waals surface area contributed by atoms with Gasteiger partial charge in [0.05, 0.1) is 17.4 Å². The predicted octanol–water partition coefficient (Wildman–Crippen LogP) is 6.35.